The highest BCUT2D eigenvalue weighted by molar-refractivity contribution is 6.09. The molecule has 4 rings (SSSR count). The highest BCUT2D eigenvalue weighted by Crippen LogP contribution is 2.37. The van der Waals surface area contributed by atoms with Gasteiger partial charge in [-0.25, -0.2) is 4.57 Å². The third-order valence-corrected chi connectivity index (χ3v) is 4.66. The Morgan fingerprint density at radius 1 is 1.20 bits per heavy atom. The van der Waals surface area contributed by atoms with Crippen molar-refractivity contribution in [2.45, 2.75) is 33.5 Å². The zero-order valence-corrected chi connectivity index (χ0v) is 14.8. The second-order valence-corrected chi connectivity index (χ2v) is 6.63. The van der Waals surface area contributed by atoms with Gasteiger partial charge in [0.1, 0.15) is 12.6 Å². The van der Waals surface area contributed by atoms with E-state index in [1.54, 1.807) is 6.07 Å². The van der Waals surface area contributed by atoms with E-state index < -0.39 is 12.7 Å². The summed E-state index contributed by atoms with van der Waals surface area (Å²) in [4.78, 5) is 4.25. The Balaban J connectivity index is 2.01. The fourth-order valence-corrected chi connectivity index (χ4v) is 3.37. The number of hydrogen-bond donors (Lipinski definition) is 0. The molecule has 0 N–H and O–H groups in total. The standard InChI is InChI=1S/C22H23N2O/c1-13(2)18-10-17-16-8-7-15(4)21(22(16)25-20(17)11-23-18)19-9-6-14(3)12-24(19)5/h6-13H,1-5H3/q+1/i1D3,13D. The van der Waals surface area contributed by atoms with Crippen LogP contribution in [0.4, 0.5) is 0 Å². The second kappa shape index (κ2) is 5.69. The van der Waals surface area contributed by atoms with Gasteiger partial charge in [-0.1, -0.05) is 25.9 Å². The number of pyridine rings is 2. The summed E-state index contributed by atoms with van der Waals surface area (Å²) in [5.74, 6) is -1.80. The van der Waals surface area contributed by atoms with Crippen molar-refractivity contribution in [1.82, 2.24) is 4.98 Å². The van der Waals surface area contributed by atoms with Crippen molar-refractivity contribution in [3.8, 4) is 11.3 Å². The van der Waals surface area contributed by atoms with Crippen LogP contribution in [0.2, 0.25) is 0 Å². The molecule has 0 amide bonds. The average molecular weight is 335 g/mol. The minimum absolute atomic E-state index is 0.204. The van der Waals surface area contributed by atoms with E-state index in [1.165, 1.54) is 18.7 Å². The van der Waals surface area contributed by atoms with E-state index in [-0.39, 0.29) is 5.69 Å². The molecular weight excluding hydrogens is 308 g/mol. The summed E-state index contributed by atoms with van der Waals surface area (Å²) in [6, 6.07) is 9.83. The number of rotatable bonds is 2. The first-order chi connectivity index (χ1) is 13.5. The minimum Gasteiger partial charge on any atom is -0.454 e. The first-order valence-corrected chi connectivity index (χ1v) is 8.30. The van der Waals surface area contributed by atoms with Crippen molar-refractivity contribution >= 4 is 21.9 Å². The van der Waals surface area contributed by atoms with Gasteiger partial charge in [-0.3, -0.25) is 4.98 Å². The smallest absolute Gasteiger partial charge is 0.216 e. The van der Waals surface area contributed by atoms with Crippen LogP contribution in [-0.2, 0) is 7.05 Å². The van der Waals surface area contributed by atoms with Crippen LogP contribution in [0, 0.1) is 13.8 Å². The summed E-state index contributed by atoms with van der Waals surface area (Å²) >= 11 is 0. The lowest BCUT2D eigenvalue weighted by Crippen LogP contribution is -2.31. The van der Waals surface area contributed by atoms with Crippen LogP contribution in [0.15, 0.2) is 47.1 Å². The zero-order chi connectivity index (χ0) is 21.1. The Hall–Kier alpha value is -2.68. The summed E-state index contributed by atoms with van der Waals surface area (Å²) in [7, 11) is 2.00. The third-order valence-electron chi connectivity index (χ3n) is 4.66. The number of fused-ring (bicyclic) bond motifs is 3. The van der Waals surface area contributed by atoms with Crippen LogP contribution in [0.3, 0.4) is 0 Å². The van der Waals surface area contributed by atoms with Gasteiger partial charge < -0.3 is 4.42 Å². The van der Waals surface area contributed by atoms with Crippen molar-refractivity contribution in [2.24, 2.45) is 7.05 Å². The quantitative estimate of drug-likeness (QED) is 0.471. The lowest BCUT2D eigenvalue weighted by Gasteiger charge is -2.06. The van der Waals surface area contributed by atoms with E-state index in [0.29, 0.717) is 5.58 Å². The summed E-state index contributed by atoms with van der Waals surface area (Å²) in [5, 5.41) is 1.65. The second-order valence-electron chi connectivity index (χ2n) is 6.63. The van der Waals surface area contributed by atoms with Gasteiger partial charge >= 0.3 is 0 Å². The summed E-state index contributed by atoms with van der Waals surface area (Å²) in [5.41, 5.74) is 5.78. The van der Waals surface area contributed by atoms with Gasteiger partial charge in [0.15, 0.2) is 11.8 Å². The van der Waals surface area contributed by atoms with Gasteiger partial charge in [-0.05, 0) is 37.4 Å². The molecule has 0 fully saturated rings. The normalized spacial score (nSPS) is 17.0. The minimum atomic E-state index is -2.48. The van der Waals surface area contributed by atoms with Gasteiger partial charge in [0.25, 0.3) is 0 Å². The van der Waals surface area contributed by atoms with Crippen molar-refractivity contribution in [2.75, 3.05) is 0 Å². The summed E-state index contributed by atoms with van der Waals surface area (Å²) in [6.07, 6.45) is 3.59. The molecule has 0 radical (unpaired) electrons. The number of hydrogen-bond acceptors (Lipinski definition) is 2. The molecule has 3 nitrogen and oxygen atoms in total. The number of benzene rings is 1. The SMILES string of the molecule is [2H]C([2H])([2H])C([2H])(C)c1cc2c(cn1)oc1c(-c3ccc(C)c[n+]3C)c(C)ccc12. The fraction of sp³-hybridized carbons (Fsp3) is 0.273. The lowest BCUT2D eigenvalue weighted by molar-refractivity contribution is -0.660. The predicted molar refractivity (Wildman–Crippen MR) is 102 cm³/mol. The topological polar surface area (TPSA) is 29.9 Å². The molecule has 126 valence electrons. The van der Waals surface area contributed by atoms with E-state index in [9.17, 15) is 0 Å². The largest absolute Gasteiger partial charge is 0.454 e. The fourth-order valence-electron chi connectivity index (χ4n) is 3.37. The third kappa shape index (κ3) is 2.51. The van der Waals surface area contributed by atoms with E-state index in [1.807, 2.05) is 33.0 Å². The highest BCUT2D eigenvalue weighted by atomic mass is 16.3. The van der Waals surface area contributed by atoms with Gasteiger partial charge in [0, 0.05) is 33.6 Å². The number of aryl methyl sites for hydroxylation is 3. The van der Waals surface area contributed by atoms with Gasteiger partial charge in [-0.15, -0.1) is 0 Å². The lowest BCUT2D eigenvalue weighted by atomic mass is 10.00. The van der Waals surface area contributed by atoms with Crippen LogP contribution in [0.1, 0.15) is 42.0 Å². The first-order valence-electron chi connectivity index (χ1n) is 10.3. The average Bonchev–Trinajstić information content (AvgIpc) is 2.99. The van der Waals surface area contributed by atoms with Crippen LogP contribution >= 0.6 is 0 Å². The van der Waals surface area contributed by atoms with E-state index in [0.717, 1.165) is 33.2 Å². The number of nitrogens with zero attached hydrogens (tertiary/aromatic N) is 2. The molecule has 4 aromatic rings. The van der Waals surface area contributed by atoms with Gasteiger partial charge in [0.2, 0.25) is 5.69 Å². The van der Waals surface area contributed by atoms with Crippen molar-refractivity contribution in [1.29, 1.82) is 0 Å². The van der Waals surface area contributed by atoms with Crippen LogP contribution in [0.5, 0.6) is 0 Å². The Kier molecular flexibility index (Phi) is 2.69. The Morgan fingerprint density at radius 3 is 2.80 bits per heavy atom. The maximum absolute atomic E-state index is 8.36. The molecular formula is C22H23N2O+. The molecule has 1 unspecified atom stereocenters. The number of aromatic nitrogens is 2. The Bertz CT molecular complexity index is 1260. The first kappa shape index (κ1) is 11.8. The van der Waals surface area contributed by atoms with Crippen molar-refractivity contribution in [3.05, 3.63) is 59.5 Å². The molecule has 0 bridgehead atoms. The Morgan fingerprint density at radius 2 is 2.04 bits per heavy atom. The maximum Gasteiger partial charge on any atom is 0.216 e. The van der Waals surface area contributed by atoms with E-state index >= 15 is 0 Å². The molecule has 0 saturated heterocycles. The van der Waals surface area contributed by atoms with Gasteiger partial charge in [-0.2, -0.15) is 0 Å². The van der Waals surface area contributed by atoms with Crippen LogP contribution < -0.4 is 4.57 Å². The van der Waals surface area contributed by atoms with E-state index in [4.69, 9.17) is 9.90 Å². The Labute approximate surface area is 153 Å². The molecule has 25 heavy (non-hydrogen) atoms. The predicted octanol–water partition coefficient (Wildman–Crippen LogP) is 5.21. The van der Waals surface area contributed by atoms with Gasteiger partial charge in [0.05, 0.1) is 11.8 Å². The molecule has 0 aliphatic heterocycles. The zero-order valence-electron chi connectivity index (χ0n) is 18.8. The van der Waals surface area contributed by atoms with Crippen LogP contribution in [-0.4, -0.2) is 4.98 Å². The highest BCUT2D eigenvalue weighted by Gasteiger charge is 2.21. The number of furan rings is 1. The molecule has 0 aliphatic rings. The van der Waals surface area contributed by atoms with Crippen LogP contribution in [0.25, 0.3) is 33.2 Å². The van der Waals surface area contributed by atoms with Crippen molar-refractivity contribution < 1.29 is 14.5 Å². The molecule has 1 atom stereocenters. The van der Waals surface area contributed by atoms with E-state index in [2.05, 4.69) is 27.9 Å². The summed E-state index contributed by atoms with van der Waals surface area (Å²) < 4.78 is 39.7. The molecule has 0 aliphatic carbocycles. The molecule has 0 saturated carbocycles. The maximum atomic E-state index is 8.36. The summed E-state index contributed by atoms with van der Waals surface area (Å²) in [6.45, 7) is 2.98. The molecule has 0 spiro atoms. The molecule has 3 heterocycles. The monoisotopic (exact) mass is 335 g/mol. The molecule has 1 aromatic carbocycles. The molecule has 3 heteroatoms. The van der Waals surface area contributed by atoms with Crippen molar-refractivity contribution in [3.63, 3.8) is 0 Å². The molecule has 3 aromatic heterocycles.